The highest BCUT2D eigenvalue weighted by Crippen LogP contribution is 2.55. The van der Waals surface area contributed by atoms with Crippen molar-refractivity contribution in [1.29, 1.82) is 0 Å². The van der Waals surface area contributed by atoms with Gasteiger partial charge in [-0.3, -0.25) is 14.7 Å². The molecule has 3 heterocycles. The highest BCUT2D eigenvalue weighted by Gasteiger charge is 2.67. The Bertz CT molecular complexity index is 1230. The van der Waals surface area contributed by atoms with Crippen LogP contribution in [0, 0.1) is 23.7 Å². The normalized spacial score (nSPS) is 27.7. The van der Waals surface area contributed by atoms with Crippen molar-refractivity contribution in [3.8, 4) is 0 Å². The number of alkyl carbamates (subject to hydrolysis) is 1. The zero-order valence-electron chi connectivity index (χ0n) is 24.1. The van der Waals surface area contributed by atoms with Crippen LogP contribution in [0.3, 0.4) is 0 Å². The lowest BCUT2D eigenvalue weighted by atomic mass is 9.59. The minimum Gasteiger partial charge on any atom is -0.444 e. The van der Waals surface area contributed by atoms with Gasteiger partial charge in [-0.25, -0.2) is 4.79 Å². The second kappa shape index (κ2) is 10.9. The molecule has 0 radical (unpaired) electrons. The van der Waals surface area contributed by atoms with Gasteiger partial charge in [0.2, 0.25) is 5.91 Å². The molecule has 2 aromatic rings. The van der Waals surface area contributed by atoms with E-state index in [1.54, 1.807) is 0 Å². The SMILES string of the molecule is CC(C)C[C@H]1C2N(CCCNC(=O)OC(C)(C)C)C[C@@H]3C[C@@H]1C=N[C@@]23C(=O)NCc1cccc2ccccc12. The first kappa shape index (κ1) is 27.6. The standard InChI is InChI=1S/C32H44N4O3/c1-21(2)16-27-24-17-25-20-36(15-9-14-33-30(38)39-31(3,4)5)28(27)32(25,35-19-24)29(37)34-18-23-12-8-11-22-10-6-7-13-26(22)23/h6-8,10-13,19,21,24-25,27-28H,9,14-18,20H2,1-5H3,(H,33,38)(H,34,37)/t24-,25+,27-,28?,32-/m1/s1. The third-order valence-electron chi connectivity index (χ3n) is 8.63. The molecule has 2 amide bonds. The number of fused-ring (bicyclic) bond motifs is 1. The number of likely N-dealkylation sites (tertiary alicyclic amines) is 1. The van der Waals surface area contributed by atoms with Crippen LogP contribution in [0.15, 0.2) is 47.5 Å². The summed E-state index contributed by atoms with van der Waals surface area (Å²) >= 11 is 0. The number of nitrogens with zero attached hydrogens (tertiary/aromatic N) is 2. The molecule has 3 aliphatic heterocycles. The molecule has 2 fully saturated rings. The molecular formula is C32H44N4O3. The number of hydrogen-bond donors (Lipinski definition) is 2. The molecule has 5 atom stereocenters. The van der Waals surface area contributed by atoms with Gasteiger partial charge < -0.3 is 15.4 Å². The van der Waals surface area contributed by atoms with E-state index in [4.69, 9.17) is 9.73 Å². The number of rotatable bonds is 9. The topological polar surface area (TPSA) is 83.0 Å². The van der Waals surface area contributed by atoms with Crippen LogP contribution in [0.4, 0.5) is 4.79 Å². The minimum absolute atomic E-state index is 0.0583. The van der Waals surface area contributed by atoms with Crippen LogP contribution in [0.2, 0.25) is 0 Å². The Balaban J connectivity index is 1.31. The first-order valence-electron chi connectivity index (χ1n) is 14.6. The Hall–Kier alpha value is -2.93. The Morgan fingerprint density at radius 2 is 1.90 bits per heavy atom. The molecule has 1 aliphatic carbocycles. The highest BCUT2D eigenvalue weighted by molar-refractivity contribution is 5.93. The Kier molecular flexibility index (Phi) is 7.73. The van der Waals surface area contributed by atoms with E-state index in [9.17, 15) is 9.59 Å². The van der Waals surface area contributed by atoms with E-state index in [-0.39, 0.29) is 24.0 Å². The van der Waals surface area contributed by atoms with E-state index >= 15 is 0 Å². The van der Waals surface area contributed by atoms with Crippen molar-refractivity contribution in [1.82, 2.24) is 15.5 Å². The Morgan fingerprint density at radius 3 is 2.67 bits per heavy atom. The lowest BCUT2D eigenvalue weighted by Gasteiger charge is -2.51. The van der Waals surface area contributed by atoms with Gasteiger partial charge >= 0.3 is 6.09 Å². The van der Waals surface area contributed by atoms with E-state index in [1.165, 1.54) is 10.8 Å². The lowest BCUT2D eigenvalue weighted by molar-refractivity contribution is -0.132. The number of ether oxygens (including phenoxy) is 1. The fourth-order valence-electron chi connectivity index (χ4n) is 7.22. The molecule has 4 aliphatic rings. The van der Waals surface area contributed by atoms with Gasteiger partial charge in [-0.05, 0) is 74.1 Å². The first-order valence-corrected chi connectivity index (χ1v) is 14.6. The van der Waals surface area contributed by atoms with Crippen LogP contribution in [0.1, 0.15) is 59.4 Å². The van der Waals surface area contributed by atoms with Crippen molar-refractivity contribution in [2.24, 2.45) is 28.7 Å². The molecule has 4 bridgehead atoms. The summed E-state index contributed by atoms with van der Waals surface area (Å²) in [7, 11) is 0. The van der Waals surface area contributed by atoms with Gasteiger partial charge in [-0.15, -0.1) is 0 Å². The maximum Gasteiger partial charge on any atom is 0.407 e. The number of amides is 2. The van der Waals surface area contributed by atoms with E-state index in [2.05, 4.69) is 65.9 Å². The summed E-state index contributed by atoms with van der Waals surface area (Å²) in [6.45, 7) is 12.9. The summed E-state index contributed by atoms with van der Waals surface area (Å²) in [5.74, 6) is 1.66. The number of nitrogens with one attached hydrogen (secondary N) is 2. The zero-order chi connectivity index (χ0) is 27.8. The van der Waals surface area contributed by atoms with Crippen LogP contribution in [-0.4, -0.2) is 59.9 Å². The fourth-order valence-corrected chi connectivity index (χ4v) is 7.22. The van der Waals surface area contributed by atoms with Crippen molar-refractivity contribution >= 4 is 29.0 Å². The third kappa shape index (κ3) is 5.56. The molecule has 7 heteroatoms. The molecule has 1 saturated heterocycles. The van der Waals surface area contributed by atoms with Crippen molar-refractivity contribution in [2.75, 3.05) is 19.6 Å². The Morgan fingerprint density at radius 1 is 1.13 bits per heavy atom. The predicted octanol–water partition coefficient (Wildman–Crippen LogP) is 5.18. The fraction of sp³-hybridized carbons (Fsp3) is 0.594. The molecule has 210 valence electrons. The molecular weight excluding hydrogens is 488 g/mol. The van der Waals surface area contributed by atoms with Gasteiger partial charge in [-0.1, -0.05) is 56.3 Å². The molecule has 0 spiro atoms. The van der Waals surface area contributed by atoms with Gasteiger partial charge in [0.1, 0.15) is 5.60 Å². The van der Waals surface area contributed by atoms with Crippen molar-refractivity contribution < 1.29 is 14.3 Å². The molecule has 1 unspecified atom stereocenters. The lowest BCUT2D eigenvalue weighted by Crippen LogP contribution is -2.65. The summed E-state index contributed by atoms with van der Waals surface area (Å²) in [6.07, 6.45) is 4.63. The minimum atomic E-state index is -0.739. The molecule has 1 saturated carbocycles. The molecule has 6 rings (SSSR count). The number of carbonyl (C=O) groups excluding carboxylic acids is 2. The Labute approximate surface area is 232 Å². The summed E-state index contributed by atoms with van der Waals surface area (Å²) in [4.78, 5) is 33.8. The monoisotopic (exact) mass is 532 g/mol. The molecule has 2 N–H and O–H groups in total. The maximum absolute atomic E-state index is 14.1. The maximum atomic E-state index is 14.1. The van der Waals surface area contributed by atoms with Gasteiger partial charge in [0.05, 0.1) is 0 Å². The van der Waals surface area contributed by atoms with Gasteiger partial charge in [0, 0.05) is 44.4 Å². The third-order valence-corrected chi connectivity index (χ3v) is 8.63. The molecule has 39 heavy (non-hydrogen) atoms. The number of aliphatic imine (C=N–C) groups is 1. The second-order valence-corrected chi connectivity index (χ2v) is 13.0. The van der Waals surface area contributed by atoms with E-state index in [1.807, 2.05) is 32.9 Å². The van der Waals surface area contributed by atoms with Crippen LogP contribution in [0.25, 0.3) is 10.8 Å². The van der Waals surface area contributed by atoms with E-state index in [0.717, 1.165) is 37.9 Å². The van der Waals surface area contributed by atoms with Gasteiger partial charge in [0.25, 0.3) is 0 Å². The second-order valence-electron chi connectivity index (χ2n) is 13.0. The number of benzene rings is 2. The van der Waals surface area contributed by atoms with Gasteiger partial charge in [-0.2, -0.15) is 0 Å². The average molecular weight is 533 g/mol. The van der Waals surface area contributed by atoms with Crippen LogP contribution >= 0.6 is 0 Å². The average Bonchev–Trinajstić information content (AvgIpc) is 3.14. The van der Waals surface area contributed by atoms with Crippen LogP contribution in [-0.2, 0) is 16.1 Å². The summed E-state index contributed by atoms with van der Waals surface area (Å²) in [5, 5.41) is 8.57. The molecule has 7 nitrogen and oxygen atoms in total. The zero-order valence-corrected chi connectivity index (χ0v) is 24.1. The van der Waals surface area contributed by atoms with Crippen LogP contribution < -0.4 is 10.6 Å². The summed E-state index contributed by atoms with van der Waals surface area (Å²) < 4.78 is 5.38. The largest absolute Gasteiger partial charge is 0.444 e. The number of carbonyl (C=O) groups is 2. The molecule has 0 aromatic heterocycles. The summed E-state index contributed by atoms with van der Waals surface area (Å²) in [5.41, 5.74) is -0.122. The van der Waals surface area contributed by atoms with Crippen molar-refractivity contribution in [3.63, 3.8) is 0 Å². The number of hydrogen-bond acceptors (Lipinski definition) is 5. The van der Waals surface area contributed by atoms with E-state index < -0.39 is 11.1 Å². The van der Waals surface area contributed by atoms with Gasteiger partial charge in [0.15, 0.2) is 5.54 Å². The van der Waals surface area contributed by atoms with Crippen molar-refractivity contribution in [2.45, 2.75) is 77.6 Å². The quantitative estimate of drug-likeness (QED) is 0.436. The smallest absolute Gasteiger partial charge is 0.407 e. The van der Waals surface area contributed by atoms with Crippen LogP contribution in [0.5, 0.6) is 0 Å². The highest BCUT2D eigenvalue weighted by atomic mass is 16.6. The summed E-state index contributed by atoms with van der Waals surface area (Å²) in [6, 6.07) is 14.7. The van der Waals surface area contributed by atoms with E-state index in [0.29, 0.717) is 30.8 Å². The van der Waals surface area contributed by atoms with Crippen molar-refractivity contribution in [3.05, 3.63) is 48.0 Å². The first-order chi connectivity index (χ1) is 18.6. The molecule has 2 aromatic carbocycles. The predicted molar refractivity (Wildman–Crippen MR) is 156 cm³/mol.